The van der Waals surface area contributed by atoms with E-state index in [4.69, 9.17) is 5.73 Å². The van der Waals surface area contributed by atoms with Crippen LogP contribution in [-0.2, 0) is 13.0 Å². The molecule has 0 atom stereocenters. The van der Waals surface area contributed by atoms with Gasteiger partial charge in [0.25, 0.3) is 0 Å². The van der Waals surface area contributed by atoms with Crippen LogP contribution in [0.5, 0.6) is 5.75 Å². The minimum absolute atomic E-state index is 0.320. The largest absolute Gasteiger partial charge is 0.508 e. The normalized spacial score (nSPS) is 13.6. The molecule has 19 heavy (non-hydrogen) atoms. The highest BCUT2D eigenvalue weighted by atomic mass is 16.3. The van der Waals surface area contributed by atoms with E-state index in [-0.39, 0.29) is 0 Å². The van der Waals surface area contributed by atoms with Crippen molar-refractivity contribution >= 4 is 11.4 Å². The monoisotopic (exact) mass is 254 g/mol. The molecule has 0 saturated heterocycles. The van der Waals surface area contributed by atoms with E-state index in [9.17, 15) is 5.11 Å². The van der Waals surface area contributed by atoms with Crippen molar-refractivity contribution in [1.29, 1.82) is 0 Å². The number of nitrogen functional groups attached to an aromatic ring is 1. The van der Waals surface area contributed by atoms with Crippen molar-refractivity contribution < 1.29 is 5.11 Å². The quantitative estimate of drug-likeness (QED) is 0.810. The molecule has 98 valence electrons. The third kappa shape index (κ3) is 2.24. The molecule has 0 aliphatic carbocycles. The van der Waals surface area contributed by atoms with Crippen LogP contribution in [0.25, 0.3) is 0 Å². The number of fused-ring (bicyclic) bond motifs is 1. The molecule has 0 saturated carbocycles. The molecule has 0 bridgehead atoms. The van der Waals surface area contributed by atoms with E-state index in [1.807, 2.05) is 25.1 Å². The highest BCUT2D eigenvalue weighted by molar-refractivity contribution is 5.67. The fourth-order valence-electron chi connectivity index (χ4n) is 2.68. The zero-order valence-electron chi connectivity index (χ0n) is 11.1. The Morgan fingerprint density at radius 2 is 2.11 bits per heavy atom. The molecule has 0 radical (unpaired) electrons. The molecular weight excluding hydrogens is 236 g/mol. The molecule has 1 aliphatic rings. The fourth-order valence-corrected chi connectivity index (χ4v) is 2.68. The molecule has 1 heterocycles. The first-order valence-electron chi connectivity index (χ1n) is 6.55. The smallest absolute Gasteiger partial charge is 0.115 e. The number of hydrogen-bond acceptors (Lipinski definition) is 3. The number of nitrogens with two attached hydrogens (primary N) is 1. The average Bonchev–Trinajstić information content (AvgIpc) is 2.73. The molecule has 0 amide bonds. The van der Waals surface area contributed by atoms with E-state index < -0.39 is 0 Å². The molecule has 2 aromatic rings. The van der Waals surface area contributed by atoms with Gasteiger partial charge < -0.3 is 15.7 Å². The molecule has 3 heteroatoms. The second kappa shape index (κ2) is 4.50. The standard InChI is InChI=1S/C16H18N2O/c1-11-7-13-5-6-18(16(13)9-15(11)17)10-12-3-2-4-14(19)8-12/h2-4,7-9,19H,5-6,10,17H2,1H3. The zero-order chi connectivity index (χ0) is 13.4. The van der Waals surface area contributed by atoms with Crippen molar-refractivity contribution in [3.05, 3.63) is 53.1 Å². The molecule has 3 nitrogen and oxygen atoms in total. The lowest BCUT2D eigenvalue weighted by atomic mass is 10.1. The summed E-state index contributed by atoms with van der Waals surface area (Å²) in [5.41, 5.74) is 11.7. The zero-order valence-corrected chi connectivity index (χ0v) is 11.1. The predicted molar refractivity (Wildman–Crippen MR) is 78.5 cm³/mol. The maximum atomic E-state index is 9.52. The van der Waals surface area contributed by atoms with Gasteiger partial charge >= 0.3 is 0 Å². The van der Waals surface area contributed by atoms with Gasteiger partial charge in [-0.3, -0.25) is 0 Å². The van der Waals surface area contributed by atoms with E-state index in [0.717, 1.165) is 36.3 Å². The number of nitrogens with zero attached hydrogens (tertiary/aromatic N) is 1. The second-order valence-electron chi connectivity index (χ2n) is 5.18. The lowest BCUT2D eigenvalue weighted by Crippen LogP contribution is -2.19. The Labute approximate surface area is 113 Å². The van der Waals surface area contributed by atoms with Gasteiger partial charge in [0.05, 0.1) is 0 Å². The summed E-state index contributed by atoms with van der Waals surface area (Å²) in [4.78, 5) is 2.32. The van der Waals surface area contributed by atoms with Gasteiger partial charge in [0.15, 0.2) is 0 Å². The molecule has 0 fully saturated rings. The summed E-state index contributed by atoms with van der Waals surface area (Å²) in [6.07, 6.45) is 1.06. The summed E-state index contributed by atoms with van der Waals surface area (Å²) in [5.74, 6) is 0.320. The Morgan fingerprint density at radius 3 is 2.89 bits per heavy atom. The van der Waals surface area contributed by atoms with Crippen LogP contribution in [-0.4, -0.2) is 11.7 Å². The summed E-state index contributed by atoms with van der Waals surface area (Å²) in [6, 6.07) is 11.7. The number of hydrogen-bond donors (Lipinski definition) is 2. The van der Waals surface area contributed by atoms with Crippen LogP contribution in [0.15, 0.2) is 36.4 Å². The van der Waals surface area contributed by atoms with Gasteiger partial charge in [-0.25, -0.2) is 0 Å². The second-order valence-corrected chi connectivity index (χ2v) is 5.18. The van der Waals surface area contributed by atoms with Gasteiger partial charge in [0, 0.05) is 24.5 Å². The molecule has 1 aliphatic heterocycles. The van der Waals surface area contributed by atoms with Gasteiger partial charge in [-0.15, -0.1) is 0 Å². The molecule has 2 aromatic carbocycles. The highest BCUT2D eigenvalue weighted by Gasteiger charge is 2.20. The van der Waals surface area contributed by atoms with Crippen LogP contribution in [0, 0.1) is 6.92 Å². The Bertz CT molecular complexity index is 622. The molecule has 0 aromatic heterocycles. The first kappa shape index (κ1) is 11.9. The summed E-state index contributed by atoms with van der Waals surface area (Å²) < 4.78 is 0. The summed E-state index contributed by atoms with van der Waals surface area (Å²) in [6.45, 7) is 3.87. The van der Waals surface area contributed by atoms with E-state index in [1.165, 1.54) is 11.3 Å². The first-order valence-corrected chi connectivity index (χ1v) is 6.55. The van der Waals surface area contributed by atoms with Crippen molar-refractivity contribution in [1.82, 2.24) is 0 Å². The Morgan fingerprint density at radius 1 is 1.26 bits per heavy atom. The highest BCUT2D eigenvalue weighted by Crippen LogP contribution is 2.33. The first-order chi connectivity index (χ1) is 9.13. The van der Waals surface area contributed by atoms with Gasteiger partial charge in [0.2, 0.25) is 0 Å². The molecular formula is C16H18N2O. The van der Waals surface area contributed by atoms with Crippen molar-refractivity contribution in [3.63, 3.8) is 0 Å². The third-order valence-corrected chi connectivity index (χ3v) is 3.74. The third-order valence-electron chi connectivity index (χ3n) is 3.74. The molecule has 3 rings (SSSR count). The van der Waals surface area contributed by atoms with Crippen LogP contribution >= 0.6 is 0 Å². The van der Waals surface area contributed by atoms with Gasteiger partial charge in [-0.05, 0) is 48.2 Å². The van der Waals surface area contributed by atoms with Gasteiger partial charge in [-0.1, -0.05) is 18.2 Å². The number of phenols is 1. The fraction of sp³-hybridized carbons (Fsp3) is 0.250. The number of aryl methyl sites for hydroxylation is 1. The van der Waals surface area contributed by atoms with Crippen LogP contribution < -0.4 is 10.6 Å². The minimum atomic E-state index is 0.320. The maximum Gasteiger partial charge on any atom is 0.115 e. The summed E-state index contributed by atoms with van der Waals surface area (Å²) >= 11 is 0. The van der Waals surface area contributed by atoms with Gasteiger partial charge in [-0.2, -0.15) is 0 Å². The van der Waals surface area contributed by atoms with E-state index in [0.29, 0.717) is 5.75 Å². The molecule has 3 N–H and O–H groups in total. The molecule has 0 unspecified atom stereocenters. The van der Waals surface area contributed by atoms with Crippen molar-refractivity contribution in [2.75, 3.05) is 17.2 Å². The van der Waals surface area contributed by atoms with E-state index in [1.54, 1.807) is 6.07 Å². The van der Waals surface area contributed by atoms with E-state index >= 15 is 0 Å². The van der Waals surface area contributed by atoms with Crippen molar-refractivity contribution in [3.8, 4) is 5.75 Å². The Kier molecular flexibility index (Phi) is 2.82. The summed E-state index contributed by atoms with van der Waals surface area (Å²) in [5, 5.41) is 9.52. The lowest BCUT2D eigenvalue weighted by molar-refractivity contribution is 0.474. The topological polar surface area (TPSA) is 49.5 Å². The van der Waals surface area contributed by atoms with Gasteiger partial charge in [0.1, 0.15) is 5.75 Å². The molecule has 0 spiro atoms. The van der Waals surface area contributed by atoms with Crippen molar-refractivity contribution in [2.24, 2.45) is 0 Å². The van der Waals surface area contributed by atoms with Crippen LogP contribution in [0.2, 0.25) is 0 Å². The predicted octanol–water partition coefficient (Wildman–Crippen LogP) is 2.85. The number of rotatable bonds is 2. The minimum Gasteiger partial charge on any atom is -0.508 e. The maximum absolute atomic E-state index is 9.52. The number of phenolic OH excluding ortho intramolecular Hbond substituents is 1. The summed E-state index contributed by atoms with van der Waals surface area (Å²) in [7, 11) is 0. The number of benzene rings is 2. The van der Waals surface area contributed by atoms with Crippen LogP contribution in [0.3, 0.4) is 0 Å². The van der Waals surface area contributed by atoms with Crippen LogP contribution in [0.4, 0.5) is 11.4 Å². The van der Waals surface area contributed by atoms with Crippen LogP contribution in [0.1, 0.15) is 16.7 Å². The Balaban J connectivity index is 1.88. The average molecular weight is 254 g/mol. The number of aromatic hydroxyl groups is 1. The SMILES string of the molecule is Cc1cc2c(cc1N)N(Cc1cccc(O)c1)CC2. The van der Waals surface area contributed by atoms with Crippen molar-refractivity contribution in [2.45, 2.75) is 19.9 Å². The van der Waals surface area contributed by atoms with E-state index in [2.05, 4.69) is 17.0 Å². The lowest BCUT2D eigenvalue weighted by Gasteiger charge is -2.20. The Hall–Kier alpha value is -2.16. The number of anilines is 2.